The van der Waals surface area contributed by atoms with E-state index in [1.54, 1.807) is 34.4 Å². The quantitative estimate of drug-likeness (QED) is 0.673. The molecule has 2 heterocycles. The van der Waals surface area contributed by atoms with Gasteiger partial charge in [0.25, 0.3) is 5.56 Å². The Morgan fingerprint density at radius 1 is 1.30 bits per heavy atom. The Morgan fingerprint density at radius 2 is 2.17 bits per heavy atom. The molecule has 0 fully saturated rings. The van der Waals surface area contributed by atoms with Crippen LogP contribution in [0.5, 0.6) is 0 Å². The molecule has 1 aliphatic rings. The monoisotopic (exact) mass is 346 g/mol. The largest absolute Gasteiger partial charge is 0.298 e. The molecule has 0 saturated carbocycles. The average molecular weight is 346 g/mol. The van der Waals surface area contributed by atoms with Crippen LogP contribution in [-0.2, 0) is 19.4 Å². The molecule has 1 aromatic carbocycles. The van der Waals surface area contributed by atoms with Gasteiger partial charge < -0.3 is 0 Å². The summed E-state index contributed by atoms with van der Waals surface area (Å²) in [5.41, 5.74) is 1.25. The number of hydrogen-bond acceptors (Lipinski definition) is 4. The first-order valence-electron chi connectivity index (χ1n) is 7.61. The maximum Gasteiger partial charge on any atom is 0.262 e. The molecule has 0 radical (unpaired) electrons. The Bertz CT molecular complexity index is 932. The highest BCUT2D eigenvalue weighted by molar-refractivity contribution is 7.99. The summed E-state index contributed by atoms with van der Waals surface area (Å²) >= 11 is 3.08. The summed E-state index contributed by atoms with van der Waals surface area (Å²) in [4.78, 5) is 19.9. The minimum atomic E-state index is -0.214. The van der Waals surface area contributed by atoms with Gasteiger partial charge in [-0.15, -0.1) is 23.1 Å². The molecular formula is C17H15FN2OS2. The Labute approximate surface area is 141 Å². The second kappa shape index (κ2) is 6.09. The SMILES string of the molecule is O=c1c2c3c(sc2ncn1CCSc1ccccc1F)CCC3. The van der Waals surface area contributed by atoms with Crippen molar-refractivity contribution >= 4 is 33.3 Å². The molecule has 0 unspecified atom stereocenters. The first-order chi connectivity index (χ1) is 11.2. The first-order valence-corrected chi connectivity index (χ1v) is 9.41. The molecular weight excluding hydrogens is 331 g/mol. The summed E-state index contributed by atoms with van der Waals surface area (Å²) < 4.78 is 15.3. The van der Waals surface area contributed by atoms with Crippen molar-refractivity contribution < 1.29 is 4.39 Å². The molecule has 0 aliphatic heterocycles. The van der Waals surface area contributed by atoms with Crippen molar-refractivity contribution in [3.63, 3.8) is 0 Å². The summed E-state index contributed by atoms with van der Waals surface area (Å²) in [7, 11) is 0. The van der Waals surface area contributed by atoms with Crippen LogP contribution < -0.4 is 5.56 Å². The van der Waals surface area contributed by atoms with E-state index in [2.05, 4.69) is 4.98 Å². The van der Waals surface area contributed by atoms with Crippen molar-refractivity contribution in [3.8, 4) is 0 Å². The van der Waals surface area contributed by atoms with Crippen LogP contribution in [0, 0.1) is 5.82 Å². The number of aryl methyl sites for hydroxylation is 3. The van der Waals surface area contributed by atoms with E-state index in [1.807, 2.05) is 6.07 Å². The number of rotatable bonds is 4. The molecule has 118 valence electrons. The molecule has 0 atom stereocenters. The van der Waals surface area contributed by atoms with Crippen LogP contribution in [-0.4, -0.2) is 15.3 Å². The van der Waals surface area contributed by atoms with Crippen LogP contribution in [0.1, 0.15) is 16.9 Å². The van der Waals surface area contributed by atoms with Crippen molar-refractivity contribution in [3.05, 3.63) is 57.2 Å². The maximum absolute atomic E-state index is 13.6. The molecule has 3 aromatic rings. The maximum atomic E-state index is 13.6. The van der Waals surface area contributed by atoms with Gasteiger partial charge in [-0.05, 0) is 37.0 Å². The van der Waals surface area contributed by atoms with Crippen LogP contribution in [0.3, 0.4) is 0 Å². The Morgan fingerprint density at radius 3 is 3.04 bits per heavy atom. The predicted octanol–water partition coefficient (Wildman–Crippen LogP) is 3.88. The third-order valence-electron chi connectivity index (χ3n) is 4.12. The number of hydrogen-bond donors (Lipinski definition) is 0. The molecule has 0 amide bonds. The van der Waals surface area contributed by atoms with E-state index in [0.29, 0.717) is 17.2 Å². The van der Waals surface area contributed by atoms with Gasteiger partial charge in [-0.3, -0.25) is 9.36 Å². The van der Waals surface area contributed by atoms with Gasteiger partial charge in [0, 0.05) is 22.1 Å². The number of aromatic nitrogens is 2. The number of nitrogens with zero attached hydrogens (tertiary/aromatic N) is 2. The number of benzene rings is 1. The lowest BCUT2D eigenvalue weighted by Crippen LogP contribution is -2.21. The lowest BCUT2D eigenvalue weighted by Gasteiger charge is -2.06. The molecule has 3 nitrogen and oxygen atoms in total. The topological polar surface area (TPSA) is 34.9 Å². The first kappa shape index (κ1) is 14.9. The van der Waals surface area contributed by atoms with E-state index in [0.717, 1.165) is 29.5 Å². The van der Waals surface area contributed by atoms with Gasteiger partial charge in [0.1, 0.15) is 10.6 Å². The third-order valence-corrected chi connectivity index (χ3v) is 6.35. The zero-order chi connectivity index (χ0) is 15.8. The number of fused-ring (bicyclic) bond motifs is 3. The van der Waals surface area contributed by atoms with E-state index < -0.39 is 0 Å². The number of thiophene rings is 1. The summed E-state index contributed by atoms with van der Waals surface area (Å²) in [5.74, 6) is 0.425. The van der Waals surface area contributed by atoms with Crippen LogP contribution in [0.15, 0.2) is 40.3 Å². The number of thioether (sulfide) groups is 1. The lowest BCUT2D eigenvalue weighted by molar-refractivity contribution is 0.601. The smallest absolute Gasteiger partial charge is 0.262 e. The van der Waals surface area contributed by atoms with Crippen molar-refractivity contribution in [1.29, 1.82) is 0 Å². The van der Waals surface area contributed by atoms with E-state index in [-0.39, 0.29) is 11.4 Å². The van der Waals surface area contributed by atoms with Gasteiger partial charge in [0.2, 0.25) is 0 Å². The molecule has 1 aliphatic carbocycles. The Hall–Kier alpha value is -1.66. The predicted molar refractivity (Wildman–Crippen MR) is 93.0 cm³/mol. The van der Waals surface area contributed by atoms with E-state index in [9.17, 15) is 9.18 Å². The van der Waals surface area contributed by atoms with Crippen LogP contribution in [0.2, 0.25) is 0 Å². The number of halogens is 1. The second-order valence-electron chi connectivity index (χ2n) is 5.56. The van der Waals surface area contributed by atoms with Gasteiger partial charge >= 0.3 is 0 Å². The van der Waals surface area contributed by atoms with Crippen molar-refractivity contribution in [2.75, 3.05) is 5.75 Å². The second-order valence-corrected chi connectivity index (χ2v) is 7.78. The van der Waals surface area contributed by atoms with Crippen molar-refractivity contribution in [1.82, 2.24) is 9.55 Å². The highest BCUT2D eigenvalue weighted by Gasteiger charge is 2.21. The molecule has 0 N–H and O–H groups in total. The highest BCUT2D eigenvalue weighted by Crippen LogP contribution is 2.34. The van der Waals surface area contributed by atoms with Gasteiger partial charge in [0.05, 0.1) is 11.7 Å². The molecule has 2 aromatic heterocycles. The fraction of sp³-hybridized carbons (Fsp3) is 0.294. The fourth-order valence-corrected chi connectivity index (χ4v) is 5.10. The minimum Gasteiger partial charge on any atom is -0.298 e. The van der Waals surface area contributed by atoms with Crippen LogP contribution in [0.4, 0.5) is 4.39 Å². The van der Waals surface area contributed by atoms with E-state index >= 15 is 0 Å². The van der Waals surface area contributed by atoms with E-state index in [4.69, 9.17) is 0 Å². The Kier molecular flexibility index (Phi) is 3.95. The summed E-state index contributed by atoms with van der Waals surface area (Å²) in [6.07, 6.45) is 4.81. The molecule has 6 heteroatoms. The molecule has 23 heavy (non-hydrogen) atoms. The van der Waals surface area contributed by atoms with Gasteiger partial charge in [-0.25, -0.2) is 9.37 Å². The normalized spacial score (nSPS) is 13.6. The summed E-state index contributed by atoms with van der Waals surface area (Å²) in [5, 5.41) is 0.806. The van der Waals surface area contributed by atoms with Gasteiger partial charge in [-0.1, -0.05) is 12.1 Å². The standard InChI is InChI=1S/C17H15FN2OS2/c18-12-5-1-2-6-14(12)22-9-8-20-10-19-16-15(17(20)21)11-4-3-7-13(11)23-16/h1-2,5-6,10H,3-4,7-9H2. The average Bonchev–Trinajstić information content (AvgIpc) is 3.12. The zero-order valence-electron chi connectivity index (χ0n) is 12.4. The summed E-state index contributed by atoms with van der Waals surface area (Å²) in [6, 6.07) is 6.71. The fourth-order valence-electron chi connectivity index (χ4n) is 2.99. The summed E-state index contributed by atoms with van der Waals surface area (Å²) in [6.45, 7) is 0.533. The molecule has 0 spiro atoms. The molecule has 0 bridgehead atoms. The van der Waals surface area contributed by atoms with Crippen molar-refractivity contribution in [2.24, 2.45) is 0 Å². The van der Waals surface area contributed by atoms with Gasteiger partial charge in [0.15, 0.2) is 0 Å². The minimum absolute atomic E-state index is 0.0449. The lowest BCUT2D eigenvalue weighted by atomic mass is 10.2. The third kappa shape index (κ3) is 2.70. The van der Waals surface area contributed by atoms with Crippen molar-refractivity contribution in [2.45, 2.75) is 30.7 Å². The zero-order valence-corrected chi connectivity index (χ0v) is 14.1. The Balaban J connectivity index is 1.57. The van der Waals surface area contributed by atoms with E-state index in [1.165, 1.54) is 28.3 Å². The molecule has 4 rings (SSSR count). The molecule has 0 saturated heterocycles. The highest BCUT2D eigenvalue weighted by atomic mass is 32.2. The van der Waals surface area contributed by atoms with Gasteiger partial charge in [-0.2, -0.15) is 0 Å². The van der Waals surface area contributed by atoms with Crippen LogP contribution in [0.25, 0.3) is 10.2 Å². The van der Waals surface area contributed by atoms with Crippen LogP contribution >= 0.6 is 23.1 Å².